The third-order valence-electron chi connectivity index (χ3n) is 2.59. The quantitative estimate of drug-likeness (QED) is 0.583. The predicted molar refractivity (Wildman–Crippen MR) is 63.1 cm³/mol. The Morgan fingerprint density at radius 1 is 1.29 bits per heavy atom. The molecule has 0 atom stereocenters. The molecule has 0 aliphatic carbocycles. The first-order valence-corrected chi connectivity index (χ1v) is 5.58. The highest BCUT2D eigenvalue weighted by Crippen LogP contribution is 2.15. The zero-order chi connectivity index (χ0) is 12.9. The van der Waals surface area contributed by atoms with E-state index >= 15 is 0 Å². The molecule has 94 valence electrons. The fourth-order valence-electron chi connectivity index (χ4n) is 1.05. The van der Waals surface area contributed by atoms with Crippen molar-refractivity contribution in [3.63, 3.8) is 0 Å². The molecule has 0 radical (unpaired) electrons. The lowest BCUT2D eigenvalue weighted by Gasteiger charge is -2.19. The number of benzene rings is 1. The van der Waals surface area contributed by atoms with Crippen LogP contribution in [0.3, 0.4) is 0 Å². The second-order valence-corrected chi connectivity index (χ2v) is 4.45. The van der Waals surface area contributed by atoms with E-state index in [1.165, 1.54) is 0 Å². The first-order valence-electron chi connectivity index (χ1n) is 5.58. The molecule has 4 nitrogen and oxygen atoms in total. The molecule has 0 aliphatic heterocycles. The Balaban J connectivity index is 2.49. The van der Waals surface area contributed by atoms with Crippen molar-refractivity contribution in [2.45, 2.75) is 39.7 Å². The average molecular weight is 238 g/mol. The summed E-state index contributed by atoms with van der Waals surface area (Å²) in [5.74, 6) is -0.560. The lowest BCUT2D eigenvalue weighted by atomic mass is 10.1. The highest BCUT2D eigenvalue weighted by Gasteiger charge is 2.19. The lowest BCUT2D eigenvalue weighted by Crippen LogP contribution is -2.24. The minimum absolute atomic E-state index is 0.463. The van der Waals surface area contributed by atoms with Crippen LogP contribution in [0, 0.1) is 6.92 Å². The number of aryl methyl sites for hydroxylation is 1. The Labute approximate surface area is 101 Å². The third-order valence-corrected chi connectivity index (χ3v) is 2.59. The molecular formula is C13H18O4. The van der Waals surface area contributed by atoms with Crippen LogP contribution < -0.4 is 0 Å². The van der Waals surface area contributed by atoms with Crippen molar-refractivity contribution in [2.24, 2.45) is 0 Å². The van der Waals surface area contributed by atoms with Crippen molar-refractivity contribution in [1.82, 2.24) is 0 Å². The fraction of sp³-hybridized carbons (Fsp3) is 0.462. The number of hydrogen-bond acceptors (Lipinski definition) is 4. The maximum absolute atomic E-state index is 11.6. The van der Waals surface area contributed by atoms with E-state index in [1.807, 2.05) is 39.8 Å². The van der Waals surface area contributed by atoms with Gasteiger partial charge in [-0.3, -0.25) is 4.89 Å². The van der Waals surface area contributed by atoms with Crippen LogP contribution in [-0.4, -0.2) is 11.6 Å². The van der Waals surface area contributed by atoms with Gasteiger partial charge in [-0.1, -0.05) is 25.1 Å². The summed E-state index contributed by atoms with van der Waals surface area (Å²) < 4.78 is 0. The van der Waals surface area contributed by atoms with Crippen molar-refractivity contribution in [1.29, 1.82) is 0 Å². The molecule has 0 heterocycles. The number of carbonyl (C=O) groups excluding carboxylic acids is 1. The minimum Gasteiger partial charge on any atom is -0.263 e. The van der Waals surface area contributed by atoms with Crippen molar-refractivity contribution < 1.29 is 19.6 Å². The summed E-state index contributed by atoms with van der Waals surface area (Å²) in [7, 11) is 0. The first-order chi connectivity index (χ1) is 7.96. The summed E-state index contributed by atoms with van der Waals surface area (Å²) in [5.41, 5.74) is 0.813. The van der Waals surface area contributed by atoms with Gasteiger partial charge >= 0.3 is 5.97 Å². The van der Waals surface area contributed by atoms with Gasteiger partial charge < -0.3 is 0 Å². The molecule has 0 saturated carbocycles. The van der Waals surface area contributed by atoms with Gasteiger partial charge in [0.05, 0.1) is 5.56 Å². The van der Waals surface area contributed by atoms with Crippen molar-refractivity contribution >= 4 is 5.97 Å². The second-order valence-electron chi connectivity index (χ2n) is 4.45. The van der Waals surface area contributed by atoms with E-state index in [0.29, 0.717) is 5.56 Å². The summed E-state index contributed by atoms with van der Waals surface area (Å²) in [4.78, 5) is 21.2. The largest absolute Gasteiger partial charge is 0.376 e. The molecule has 0 unspecified atom stereocenters. The van der Waals surface area contributed by atoms with Gasteiger partial charge in [0.25, 0.3) is 0 Å². The van der Waals surface area contributed by atoms with Crippen molar-refractivity contribution in [3.05, 3.63) is 35.4 Å². The molecule has 0 aromatic heterocycles. The highest BCUT2D eigenvalue weighted by molar-refractivity contribution is 5.90. The Hall–Kier alpha value is -1.39. The normalized spacial score (nSPS) is 11.3. The standard InChI is InChI=1S/C13H18O4/c1-5-13(3,4)16-17-15-12(14)11-9-7-6-8-10(11)2/h6-9H,5H2,1-4H3. The topological polar surface area (TPSA) is 44.8 Å². The molecule has 0 spiro atoms. The van der Waals surface area contributed by atoms with Gasteiger partial charge in [0.1, 0.15) is 5.60 Å². The number of hydrogen-bond donors (Lipinski definition) is 0. The van der Waals surface area contributed by atoms with Crippen LogP contribution in [0.15, 0.2) is 24.3 Å². The van der Waals surface area contributed by atoms with Crippen LogP contribution in [0.5, 0.6) is 0 Å². The molecule has 4 heteroatoms. The Bertz CT molecular complexity index is 385. The van der Waals surface area contributed by atoms with Gasteiger partial charge in [-0.2, -0.15) is 4.89 Å². The van der Waals surface area contributed by atoms with Crippen LogP contribution in [0.1, 0.15) is 43.1 Å². The van der Waals surface area contributed by atoms with Crippen molar-refractivity contribution in [2.75, 3.05) is 0 Å². The zero-order valence-corrected chi connectivity index (χ0v) is 10.6. The molecule has 1 aromatic carbocycles. The highest BCUT2D eigenvalue weighted by atomic mass is 17.5. The molecule has 0 fully saturated rings. The third kappa shape index (κ3) is 4.17. The van der Waals surface area contributed by atoms with Crippen LogP contribution in [0.2, 0.25) is 0 Å². The summed E-state index contributed by atoms with van der Waals surface area (Å²) >= 11 is 0. The van der Waals surface area contributed by atoms with Crippen LogP contribution in [-0.2, 0) is 14.8 Å². The molecule has 0 bridgehead atoms. The lowest BCUT2D eigenvalue weighted by molar-refractivity contribution is -0.512. The van der Waals surface area contributed by atoms with E-state index in [9.17, 15) is 4.79 Å². The van der Waals surface area contributed by atoms with Gasteiger partial charge in [0.2, 0.25) is 0 Å². The number of rotatable bonds is 5. The molecule has 0 N–H and O–H groups in total. The van der Waals surface area contributed by atoms with E-state index in [0.717, 1.165) is 12.0 Å². The molecule has 0 saturated heterocycles. The zero-order valence-electron chi connectivity index (χ0n) is 10.6. The van der Waals surface area contributed by atoms with Gasteiger partial charge in [0.15, 0.2) is 0 Å². The van der Waals surface area contributed by atoms with Gasteiger partial charge in [-0.15, -0.1) is 0 Å². The fourth-order valence-corrected chi connectivity index (χ4v) is 1.05. The maximum atomic E-state index is 11.6. The van der Waals surface area contributed by atoms with Crippen LogP contribution in [0.4, 0.5) is 0 Å². The number of carbonyl (C=O) groups is 1. The monoisotopic (exact) mass is 238 g/mol. The summed E-state index contributed by atoms with van der Waals surface area (Å²) in [6.45, 7) is 7.46. The molecule has 1 rings (SSSR count). The summed E-state index contributed by atoms with van der Waals surface area (Å²) in [5, 5.41) is 4.51. The molecular weight excluding hydrogens is 220 g/mol. The smallest absolute Gasteiger partial charge is 0.263 e. The van der Waals surface area contributed by atoms with E-state index in [4.69, 9.17) is 4.89 Å². The van der Waals surface area contributed by atoms with Gasteiger partial charge in [-0.25, -0.2) is 4.79 Å². The van der Waals surface area contributed by atoms with Crippen LogP contribution in [0.25, 0.3) is 0 Å². The Kier molecular flexibility index (Phi) is 4.66. The Morgan fingerprint density at radius 3 is 2.53 bits per heavy atom. The second kappa shape index (κ2) is 5.80. The Morgan fingerprint density at radius 2 is 1.94 bits per heavy atom. The minimum atomic E-state index is -0.560. The van der Waals surface area contributed by atoms with Gasteiger partial charge in [0, 0.05) is 0 Å². The predicted octanol–water partition coefficient (Wildman–Crippen LogP) is 3.20. The van der Waals surface area contributed by atoms with E-state index < -0.39 is 11.6 Å². The molecule has 1 aromatic rings. The van der Waals surface area contributed by atoms with E-state index in [2.05, 4.69) is 9.93 Å². The summed E-state index contributed by atoms with van der Waals surface area (Å²) in [6.07, 6.45) is 0.745. The first kappa shape index (κ1) is 13.7. The molecule has 0 amide bonds. The van der Waals surface area contributed by atoms with E-state index in [-0.39, 0.29) is 0 Å². The SMILES string of the molecule is CCC(C)(C)OOOC(=O)c1ccccc1C. The molecule has 17 heavy (non-hydrogen) atoms. The van der Waals surface area contributed by atoms with Crippen LogP contribution >= 0.6 is 0 Å². The summed E-state index contributed by atoms with van der Waals surface area (Å²) in [6, 6.07) is 7.11. The van der Waals surface area contributed by atoms with Gasteiger partial charge in [-0.05, 0) is 43.9 Å². The van der Waals surface area contributed by atoms with E-state index in [1.54, 1.807) is 12.1 Å². The molecule has 0 aliphatic rings. The average Bonchev–Trinajstić information content (AvgIpc) is 2.29. The van der Waals surface area contributed by atoms with Crippen molar-refractivity contribution in [3.8, 4) is 0 Å². The maximum Gasteiger partial charge on any atom is 0.376 e.